The van der Waals surface area contributed by atoms with Crippen LogP contribution in [0.5, 0.6) is 0 Å². The first-order valence-electron chi connectivity index (χ1n) is 5.67. The zero-order valence-electron chi connectivity index (χ0n) is 9.61. The summed E-state index contributed by atoms with van der Waals surface area (Å²) in [5.41, 5.74) is 0. The van der Waals surface area contributed by atoms with Gasteiger partial charge < -0.3 is 10.0 Å². The van der Waals surface area contributed by atoms with Crippen LogP contribution in [-0.2, 0) is 4.79 Å². The summed E-state index contributed by atoms with van der Waals surface area (Å²) in [7, 11) is 0. The quantitative estimate of drug-likeness (QED) is 0.758. The van der Waals surface area contributed by atoms with Crippen LogP contribution < -0.4 is 0 Å². The summed E-state index contributed by atoms with van der Waals surface area (Å²) < 4.78 is 0. The number of carboxylic acids is 1. The maximum atomic E-state index is 10.6. The van der Waals surface area contributed by atoms with Crippen molar-refractivity contribution in [2.75, 3.05) is 24.6 Å². The molecule has 1 saturated heterocycles. The Balaban J connectivity index is 2.35. The Hall–Kier alpha value is -0.220. The maximum absolute atomic E-state index is 10.6. The third-order valence-electron chi connectivity index (χ3n) is 3.02. The highest BCUT2D eigenvalue weighted by atomic mass is 32.2. The Labute approximate surface area is 96.2 Å². The van der Waals surface area contributed by atoms with Gasteiger partial charge in [0, 0.05) is 12.6 Å². The minimum atomic E-state index is -0.693. The van der Waals surface area contributed by atoms with Crippen molar-refractivity contribution in [1.29, 1.82) is 0 Å². The van der Waals surface area contributed by atoms with Crippen LogP contribution in [0, 0.1) is 5.92 Å². The van der Waals surface area contributed by atoms with Crippen LogP contribution in [0.1, 0.15) is 26.7 Å². The van der Waals surface area contributed by atoms with E-state index in [1.165, 1.54) is 17.9 Å². The molecule has 0 amide bonds. The van der Waals surface area contributed by atoms with Crippen molar-refractivity contribution in [2.45, 2.75) is 32.7 Å². The summed E-state index contributed by atoms with van der Waals surface area (Å²) in [5.74, 6) is 2.60. The lowest BCUT2D eigenvalue weighted by molar-refractivity contribution is -0.138. The Morgan fingerprint density at radius 3 is 2.87 bits per heavy atom. The number of hydrogen-bond acceptors (Lipinski definition) is 3. The summed E-state index contributed by atoms with van der Waals surface area (Å²) in [4.78, 5) is 12.9. The molecule has 1 rings (SSSR count). The van der Waals surface area contributed by atoms with Crippen LogP contribution in [0.25, 0.3) is 0 Å². The van der Waals surface area contributed by atoms with Gasteiger partial charge in [0.15, 0.2) is 0 Å². The predicted molar refractivity (Wildman–Crippen MR) is 64.4 cm³/mol. The molecule has 2 atom stereocenters. The molecule has 15 heavy (non-hydrogen) atoms. The van der Waals surface area contributed by atoms with Gasteiger partial charge in [-0.25, -0.2) is 0 Å². The van der Waals surface area contributed by atoms with E-state index in [1.54, 1.807) is 0 Å². The van der Waals surface area contributed by atoms with Gasteiger partial charge in [-0.15, -0.1) is 0 Å². The molecule has 0 spiro atoms. The van der Waals surface area contributed by atoms with E-state index in [9.17, 15) is 4.79 Å². The minimum Gasteiger partial charge on any atom is -0.481 e. The fourth-order valence-electron chi connectivity index (χ4n) is 2.06. The first-order chi connectivity index (χ1) is 7.13. The molecular weight excluding hydrogens is 210 g/mol. The molecule has 0 aromatic rings. The fraction of sp³-hybridized carbons (Fsp3) is 0.909. The molecule has 1 aliphatic heterocycles. The van der Waals surface area contributed by atoms with Crippen molar-refractivity contribution in [1.82, 2.24) is 4.90 Å². The molecule has 2 unspecified atom stereocenters. The zero-order valence-corrected chi connectivity index (χ0v) is 10.4. The number of thioether (sulfide) groups is 1. The van der Waals surface area contributed by atoms with E-state index in [-0.39, 0.29) is 12.5 Å². The first kappa shape index (κ1) is 12.8. The molecule has 0 saturated carbocycles. The van der Waals surface area contributed by atoms with Crippen LogP contribution in [0.15, 0.2) is 0 Å². The van der Waals surface area contributed by atoms with E-state index in [1.807, 2.05) is 18.7 Å². The van der Waals surface area contributed by atoms with Crippen molar-refractivity contribution < 1.29 is 9.90 Å². The highest BCUT2D eigenvalue weighted by molar-refractivity contribution is 7.99. The van der Waals surface area contributed by atoms with E-state index in [0.29, 0.717) is 0 Å². The molecule has 1 heterocycles. The van der Waals surface area contributed by atoms with Gasteiger partial charge in [0.1, 0.15) is 0 Å². The number of carboxylic acid groups (broad SMARTS) is 1. The normalized spacial score (nSPS) is 23.3. The Morgan fingerprint density at radius 2 is 2.40 bits per heavy atom. The van der Waals surface area contributed by atoms with Crippen LogP contribution in [-0.4, -0.2) is 46.6 Å². The van der Waals surface area contributed by atoms with Gasteiger partial charge in [-0.05, 0) is 37.3 Å². The average Bonchev–Trinajstić information content (AvgIpc) is 2.65. The molecular formula is C11H21NO2S. The van der Waals surface area contributed by atoms with Gasteiger partial charge in [-0.2, -0.15) is 11.8 Å². The Kier molecular flexibility index (Phi) is 5.47. The van der Waals surface area contributed by atoms with Crippen molar-refractivity contribution >= 4 is 17.7 Å². The van der Waals surface area contributed by atoms with E-state index in [2.05, 4.69) is 11.8 Å². The second-order valence-corrected chi connectivity index (χ2v) is 5.41. The van der Waals surface area contributed by atoms with Gasteiger partial charge >= 0.3 is 5.97 Å². The topological polar surface area (TPSA) is 40.5 Å². The summed E-state index contributed by atoms with van der Waals surface area (Å²) in [6.07, 6.45) is 1.55. The molecule has 0 aromatic carbocycles. The lowest BCUT2D eigenvalue weighted by Crippen LogP contribution is -2.38. The largest absolute Gasteiger partial charge is 0.481 e. The average molecular weight is 231 g/mol. The van der Waals surface area contributed by atoms with Gasteiger partial charge in [0.2, 0.25) is 0 Å². The van der Waals surface area contributed by atoms with Gasteiger partial charge in [-0.3, -0.25) is 4.79 Å². The zero-order chi connectivity index (χ0) is 11.3. The highest BCUT2D eigenvalue weighted by Gasteiger charge is 2.22. The molecule has 3 nitrogen and oxygen atoms in total. The number of rotatable bonds is 6. The monoisotopic (exact) mass is 231 g/mol. The third kappa shape index (κ3) is 4.43. The van der Waals surface area contributed by atoms with Gasteiger partial charge in [0.05, 0.1) is 6.42 Å². The van der Waals surface area contributed by atoms with Crippen LogP contribution >= 0.6 is 11.8 Å². The summed E-state index contributed by atoms with van der Waals surface area (Å²) in [5, 5.41) is 8.76. The smallest absolute Gasteiger partial charge is 0.304 e. The Bertz CT molecular complexity index is 205. The van der Waals surface area contributed by atoms with E-state index >= 15 is 0 Å². The second-order valence-electron chi connectivity index (χ2n) is 4.26. The molecule has 1 N–H and O–H groups in total. The van der Waals surface area contributed by atoms with E-state index in [4.69, 9.17) is 5.11 Å². The fourth-order valence-corrected chi connectivity index (χ4v) is 3.33. The van der Waals surface area contributed by atoms with E-state index in [0.717, 1.165) is 19.0 Å². The molecule has 0 bridgehead atoms. The molecule has 0 radical (unpaired) electrons. The molecule has 1 fully saturated rings. The van der Waals surface area contributed by atoms with Crippen molar-refractivity contribution in [3.05, 3.63) is 0 Å². The van der Waals surface area contributed by atoms with Crippen LogP contribution in [0.3, 0.4) is 0 Å². The molecule has 88 valence electrons. The second kappa shape index (κ2) is 6.38. The summed E-state index contributed by atoms with van der Waals surface area (Å²) >= 11 is 2.02. The predicted octanol–water partition coefficient (Wildman–Crippen LogP) is 1.92. The van der Waals surface area contributed by atoms with Crippen molar-refractivity contribution in [3.63, 3.8) is 0 Å². The molecule has 0 aliphatic carbocycles. The first-order valence-corrected chi connectivity index (χ1v) is 6.82. The lowest BCUT2D eigenvalue weighted by Gasteiger charge is -2.29. The van der Waals surface area contributed by atoms with Crippen molar-refractivity contribution in [2.24, 2.45) is 5.92 Å². The molecule has 4 heteroatoms. The summed E-state index contributed by atoms with van der Waals surface area (Å²) in [6, 6.07) is 0.165. The van der Waals surface area contributed by atoms with E-state index < -0.39 is 5.97 Å². The minimum absolute atomic E-state index is 0.165. The number of aliphatic carboxylic acids is 1. The number of nitrogens with zero attached hydrogens (tertiary/aromatic N) is 1. The lowest BCUT2D eigenvalue weighted by atomic mass is 10.1. The Morgan fingerprint density at radius 1 is 1.67 bits per heavy atom. The van der Waals surface area contributed by atoms with Gasteiger partial charge in [0.25, 0.3) is 0 Å². The summed E-state index contributed by atoms with van der Waals surface area (Å²) in [6.45, 7) is 6.15. The standard InChI is InChI=1S/C11H21NO2S/c1-3-12(9(2)6-11(13)14)7-10-4-5-15-8-10/h9-10H,3-8H2,1-2H3,(H,13,14). The number of carbonyl (C=O) groups is 1. The number of hydrogen-bond donors (Lipinski definition) is 1. The molecule has 1 aliphatic rings. The third-order valence-corrected chi connectivity index (χ3v) is 4.25. The highest BCUT2D eigenvalue weighted by Crippen LogP contribution is 2.24. The van der Waals surface area contributed by atoms with Crippen molar-refractivity contribution in [3.8, 4) is 0 Å². The van der Waals surface area contributed by atoms with Crippen LogP contribution in [0.4, 0.5) is 0 Å². The SMILES string of the molecule is CCN(CC1CCSC1)C(C)CC(=O)O. The molecule has 0 aromatic heterocycles. The van der Waals surface area contributed by atoms with Crippen LogP contribution in [0.2, 0.25) is 0 Å². The maximum Gasteiger partial charge on any atom is 0.304 e. The van der Waals surface area contributed by atoms with Gasteiger partial charge in [-0.1, -0.05) is 6.92 Å².